The maximum atomic E-state index is 5.68. The Balaban J connectivity index is 3.08. The zero-order chi connectivity index (χ0) is 57.9. The first-order chi connectivity index (χ1) is 40.4. The molecule has 0 radical (unpaired) electrons. The Morgan fingerprint density at radius 3 is 0.296 bits per heavy atom. The van der Waals surface area contributed by atoms with Gasteiger partial charge in [-0.2, -0.15) is 0 Å². The third-order valence-corrected chi connectivity index (χ3v) is 12.5. The van der Waals surface area contributed by atoms with E-state index in [1.165, 1.54) is 128 Å². The summed E-state index contributed by atoms with van der Waals surface area (Å²) >= 11 is 0. The highest BCUT2D eigenvalue weighted by Crippen LogP contribution is 2.12. The van der Waals surface area contributed by atoms with E-state index in [0.29, 0.717) is 238 Å². The van der Waals surface area contributed by atoms with Crippen LogP contribution < -0.4 is 0 Å². The Hall–Kier alpha value is -0.760. The summed E-state index contributed by atoms with van der Waals surface area (Å²) in [6.45, 7) is 25.2. The predicted molar refractivity (Wildman–Crippen MR) is 318 cm³/mol. The standard InChI is InChI=1S/C62H126O19/c1-3-5-7-9-11-13-15-17-19-21-23-25-63-27-29-65-31-33-67-35-37-69-39-41-71-43-45-73-47-49-75-51-53-77-55-57-79-59-61-81-62-60-80-58-56-78-54-52-76-50-48-74-46-44-72-42-40-70-38-36-68-34-32-66-30-28-64-26-24-22-20-18-16-14-12-10-8-6-4-2/h3-62H2,1-2H3. The minimum Gasteiger partial charge on any atom is -0.379 e. The van der Waals surface area contributed by atoms with Gasteiger partial charge in [0.25, 0.3) is 0 Å². The second-order valence-electron chi connectivity index (χ2n) is 19.7. The summed E-state index contributed by atoms with van der Waals surface area (Å²) in [6, 6.07) is 0. The SMILES string of the molecule is CCCCCCCCCCCCCOCCOCCOCCOCCOCCOCCOCCOCCOCCOCCOCCOCCOCCOCCOCCOCCOCCOCCOCCCCCCCCCCCCC. The van der Waals surface area contributed by atoms with Gasteiger partial charge in [-0.25, -0.2) is 0 Å². The highest BCUT2D eigenvalue weighted by Gasteiger charge is 2.01. The van der Waals surface area contributed by atoms with Gasteiger partial charge >= 0.3 is 0 Å². The monoisotopic (exact) mass is 1170 g/mol. The number of hydrogen-bond acceptors (Lipinski definition) is 19. The molecule has 488 valence electrons. The largest absolute Gasteiger partial charge is 0.379 e. The Morgan fingerprint density at radius 2 is 0.185 bits per heavy atom. The molecule has 0 aromatic heterocycles. The van der Waals surface area contributed by atoms with E-state index in [4.69, 9.17) is 90.0 Å². The average molecular weight is 1180 g/mol. The molecule has 19 nitrogen and oxygen atoms in total. The molecule has 0 bridgehead atoms. The highest BCUT2D eigenvalue weighted by molar-refractivity contribution is 4.50. The molecule has 0 aliphatic rings. The van der Waals surface area contributed by atoms with Crippen LogP contribution >= 0.6 is 0 Å². The summed E-state index contributed by atoms with van der Waals surface area (Å²) in [5, 5.41) is 0. The molecule has 0 saturated carbocycles. The highest BCUT2D eigenvalue weighted by atomic mass is 16.6. The molecule has 0 saturated heterocycles. The first-order valence-corrected chi connectivity index (χ1v) is 32.4. The molecule has 0 rings (SSSR count). The van der Waals surface area contributed by atoms with E-state index in [-0.39, 0.29) is 0 Å². The van der Waals surface area contributed by atoms with Crippen molar-refractivity contribution in [1.29, 1.82) is 0 Å². The summed E-state index contributed by atoms with van der Waals surface area (Å²) in [4.78, 5) is 0. The number of ether oxygens (including phenoxy) is 19. The Bertz CT molecular complexity index is 982. The summed E-state index contributed by atoms with van der Waals surface area (Å²) < 4.78 is 106. The van der Waals surface area contributed by atoms with Gasteiger partial charge in [-0.15, -0.1) is 0 Å². The molecule has 0 fully saturated rings. The lowest BCUT2D eigenvalue weighted by molar-refractivity contribution is -0.0312. The van der Waals surface area contributed by atoms with Gasteiger partial charge < -0.3 is 90.0 Å². The Labute approximate surface area is 494 Å². The lowest BCUT2D eigenvalue weighted by atomic mass is 10.1. The molecule has 0 N–H and O–H groups in total. The maximum absolute atomic E-state index is 5.68. The van der Waals surface area contributed by atoms with E-state index in [1.54, 1.807) is 0 Å². The van der Waals surface area contributed by atoms with Crippen molar-refractivity contribution in [2.45, 2.75) is 155 Å². The van der Waals surface area contributed by atoms with Gasteiger partial charge in [-0.05, 0) is 12.8 Å². The second-order valence-corrected chi connectivity index (χ2v) is 19.7. The second kappa shape index (κ2) is 79.2. The fourth-order valence-corrected chi connectivity index (χ4v) is 7.80. The molecule has 0 heterocycles. The van der Waals surface area contributed by atoms with Gasteiger partial charge in [0.15, 0.2) is 0 Å². The normalized spacial score (nSPS) is 11.8. The number of unbranched alkanes of at least 4 members (excludes halogenated alkanes) is 20. The van der Waals surface area contributed by atoms with Gasteiger partial charge in [0.1, 0.15) is 0 Å². The fraction of sp³-hybridized carbons (Fsp3) is 1.00. The molecule has 0 aliphatic heterocycles. The summed E-state index contributed by atoms with van der Waals surface area (Å²) in [5.74, 6) is 0. The minimum atomic E-state index is 0.498. The van der Waals surface area contributed by atoms with Crippen LogP contribution in [0.4, 0.5) is 0 Å². The Morgan fingerprint density at radius 1 is 0.0988 bits per heavy atom. The van der Waals surface area contributed by atoms with E-state index in [1.807, 2.05) is 0 Å². The lowest BCUT2D eigenvalue weighted by Gasteiger charge is -2.09. The van der Waals surface area contributed by atoms with E-state index >= 15 is 0 Å². The van der Waals surface area contributed by atoms with Gasteiger partial charge in [-0.1, -0.05) is 142 Å². The van der Waals surface area contributed by atoms with Gasteiger partial charge in [0, 0.05) is 13.2 Å². The van der Waals surface area contributed by atoms with Crippen LogP contribution in [0, 0.1) is 0 Å². The van der Waals surface area contributed by atoms with Crippen molar-refractivity contribution in [2.75, 3.05) is 251 Å². The molecule has 0 aromatic carbocycles. The van der Waals surface area contributed by atoms with Gasteiger partial charge in [0.05, 0.1) is 238 Å². The third-order valence-electron chi connectivity index (χ3n) is 12.5. The molecule has 0 atom stereocenters. The molecule has 19 heteroatoms. The quantitative estimate of drug-likeness (QED) is 0.0526. The smallest absolute Gasteiger partial charge is 0.0701 e. The topological polar surface area (TPSA) is 175 Å². The first kappa shape index (κ1) is 80.2. The minimum absolute atomic E-state index is 0.498. The molecule has 0 spiro atoms. The zero-order valence-electron chi connectivity index (χ0n) is 52.2. The van der Waals surface area contributed by atoms with Crippen LogP contribution in [-0.4, -0.2) is 251 Å². The van der Waals surface area contributed by atoms with Crippen molar-refractivity contribution < 1.29 is 90.0 Å². The molecule has 81 heavy (non-hydrogen) atoms. The van der Waals surface area contributed by atoms with Crippen molar-refractivity contribution in [3.8, 4) is 0 Å². The van der Waals surface area contributed by atoms with E-state index in [0.717, 1.165) is 26.1 Å². The fourth-order valence-electron chi connectivity index (χ4n) is 7.80. The van der Waals surface area contributed by atoms with Crippen LogP contribution in [0.15, 0.2) is 0 Å². The third kappa shape index (κ3) is 79.2. The van der Waals surface area contributed by atoms with E-state index < -0.39 is 0 Å². The van der Waals surface area contributed by atoms with E-state index in [9.17, 15) is 0 Å². The van der Waals surface area contributed by atoms with Crippen LogP contribution in [0.3, 0.4) is 0 Å². The molecule has 0 aliphatic carbocycles. The first-order valence-electron chi connectivity index (χ1n) is 32.4. The number of rotatable bonds is 78. The zero-order valence-corrected chi connectivity index (χ0v) is 52.2. The van der Waals surface area contributed by atoms with Crippen LogP contribution in [0.25, 0.3) is 0 Å². The van der Waals surface area contributed by atoms with Crippen LogP contribution in [0.5, 0.6) is 0 Å². The van der Waals surface area contributed by atoms with Crippen molar-refractivity contribution in [3.63, 3.8) is 0 Å². The van der Waals surface area contributed by atoms with Crippen molar-refractivity contribution in [3.05, 3.63) is 0 Å². The molecule has 0 unspecified atom stereocenters. The van der Waals surface area contributed by atoms with Crippen LogP contribution in [-0.2, 0) is 90.0 Å². The molecular weight excluding hydrogens is 1050 g/mol. The van der Waals surface area contributed by atoms with Gasteiger partial charge in [-0.3, -0.25) is 0 Å². The van der Waals surface area contributed by atoms with E-state index in [2.05, 4.69) is 13.8 Å². The molecular formula is C62H126O19. The number of hydrogen-bond donors (Lipinski definition) is 0. The summed E-state index contributed by atoms with van der Waals surface area (Å²) in [5.41, 5.74) is 0. The maximum Gasteiger partial charge on any atom is 0.0701 e. The Kier molecular flexibility index (Phi) is 78.5. The van der Waals surface area contributed by atoms with Crippen LogP contribution in [0.1, 0.15) is 155 Å². The van der Waals surface area contributed by atoms with Crippen molar-refractivity contribution in [1.82, 2.24) is 0 Å². The van der Waals surface area contributed by atoms with Gasteiger partial charge in [0.2, 0.25) is 0 Å². The molecule has 0 amide bonds. The van der Waals surface area contributed by atoms with Crippen molar-refractivity contribution >= 4 is 0 Å². The average Bonchev–Trinajstić information content (AvgIpc) is 3.48. The predicted octanol–water partition coefficient (Wildman–Crippen LogP) is 9.92. The summed E-state index contributed by atoms with van der Waals surface area (Å²) in [6.07, 6.45) is 29.6. The molecule has 0 aromatic rings. The lowest BCUT2D eigenvalue weighted by Crippen LogP contribution is -2.16. The van der Waals surface area contributed by atoms with Crippen LogP contribution in [0.2, 0.25) is 0 Å². The summed E-state index contributed by atoms with van der Waals surface area (Å²) in [7, 11) is 0. The van der Waals surface area contributed by atoms with Crippen molar-refractivity contribution in [2.24, 2.45) is 0 Å².